The van der Waals surface area contributed by atoms with Gasteiger partial charge in [0, 0.05) is 9.92 Å². The second-order valence-corrected chi connectivity index (χ2v) is 5.27. The summed E-state index contributed by atoms with van der Waals surface area (Å²) in [5.41, 5.74) is 0.656. The van der Waals surface area contributed by atoms with Crippen molar-refractivity contribution in [2.75, 3.05) is 32.5 Å². The lowest BCUT2D eigenvalue weighted by Gasteiger charge is -2.32. The predicted molar refractivity (Wildman–Crippen MR) is 83.1 cm³/mol. The fraction of sp³-hybridized carbons (Fsp3) is 0.286. The summed E-state index contributed by atoms with van der Waals surface area (Å²) in [6.45, 7) is 0.00884. The average molecular weight is 344 g/mol. The van der Waals surface area contributed by atoms with E-state index in [1.54, 1.807) is 18.2 Å². The molecule has 0 fully saturated rings. The number of esters is 2. The van der Waals surface area contributed by atoms with Crippen LogP contribution in [0.5, 0.6) is 0 Å². The van der Waals surface area contributed by atoms with Crippen LogP contribution in [-0.4, -0.2) is 39.5 Å². The van der Waals surface area contributed by atoms with Gasteiger partial charge in [0.2, 0.25) is 0 Å². The van der Waals surface area contributed by atoms with Gasteiger partial charge >= 0.3 is 11.9 Å². The largest absolute Gasteiger partial charge is 0.466 e. The highest BCUT2D eigenvalue weighted by atomic mass is 35.5. The van der Waals surface area contributed by atoms with E-state index in [4.69, 9.17) is 25.8 Å². The highest BCUT2D eigenvalue weighted by molar-refractivity contribution is 7.80. The van der Waals surface area contributed by atoms with E-state index in [2.05, 4.69) is 12.6 Å². The van der Waals surface area contributed by atoms with Crippen LogP contribution in [0.4, 0.5) is 5.69 Å². The van der Waals surface area contributed by atoms with Crippen molar-refractivity contribution in [3.63, 3.8) is 0 Å². The van der Waals surface area contributed by atoms with Gasteiger partial charge in [-0.05, 0) is 18.2 Å². The van der Waals surface area contributed by atoms with Crippen LogP contribution < -0.4 is 4.90 Å². The number of carbonyl (C=O) groups is 2. The minimum atomic E-state index is -0.670. The molecule has 1 aliphatic rings. The fourth-order valence-corrected chi connectivity index (χ4v) is 2.47. The van der Waals surface area contributed by atoms with Gasteiger partial charge in [-0.15, -0.1) is 12.6 Å². The molecule has 1 aromatic carbocycles. The number of nitrogens with zero attached hydrogens (tertiary/aromatic N) is 1. The molecule has 2 rings (SSSR count). The Hall–Kier alpha value is -1.70. The lowest BCUT2D eigenvalue weighted by atomic mass is 10.1. The molecule has 8 heteroatoms. The first-order valence-electron chi connectivity index (χ1n) is 6.23. The van der Waals surface area contributed by atoms with Crippen LogP contribution in [0.15, 0.2) is 34.4 Å². The van der Waals surface area contributed by atoms with E-state index in [9.17, 15) is 9.59 Å². The first-order valence-corrected chi connectivity index (χ1v) is 7.05. The van der Waals surface area contributed by atoms with Gasteiger partial charge in [0.15, 0.2) is 0 Å². The zero-order valence-electron chi connectivity index (χ0n) is 12.0. The Balaban J connectivity index is 2.60. The minimum Gasteiger partial charge on any atom is -0.466 e. The maximum Gasteiger partial charge on any atom is 0.355 e. The third kappa shape index (κ3) is 3.21. The summed E-state index contributed by atoms with van der Waals surface area (Å²) in [6.07, 6.45) is 0. The number of hydrogen-bond donors (Lipinski definition) is 1. The number of halogens is 1. The molecule has 0 spiro atoms. The maximum atomic E-state index is 12.1. The number of benzene rings is 1. The highest BCUT2D eigenvalue weighted by Crippen LogP contribution is 2.33. The third-order valence-electron chi connectivity index (χ3n) is 3.06. The quantitative estimate of drug-likeness (QED) is 0.669. The zero-order chi connectivity index (χ0) is 16.3. The van der Waals surface area contributed by atoms with Crippen LogP contribution in [0.25, 0.3) is 0 Å². The minimum absolute atomic E-state index is 0.0456. The summed E-state index contributed by atoms with van der Waals surface area (Å²) in [5.74, 6) is -1.33. The third-order valence-corrected chi connectivity index (χ3v) is 3.67. The van der Waals surface area contributed by atoms with Gasteiger partial charge in [-0.3, -0.25) is 0 Å². The zero-order valence-corrected chi connectivity index (χ0v) is 13.6. The van der Waals surface area contributed by atoms with E-state index < -0.39 is 11.9 Å². The number of hydrogen-bond acceptors (Lipinski definition) is 7. The smallest absolute Gasteiger partial charge is 0.355 e. The first-order chi connectivity index (χ1) is 10.5. The molecule has 1 heterocycles. The molecule has 0 aromatic heterocycles. The molecule has 0 saturated heterocycles. The molecule has 0 bridgehead atoms. The SMILES string of the molecule is COC(=O)C1=C(C(=O)OC)N(c2cc(Cl)ccc2S)COC1. The summed E-state index contributed by atoms with van der Waals surface area (Å²) >= 11 is 10.3. The number of ether oxygens (including phenoxy) is 3. The van der Waals surface area contributed by atoms with Crippen LogP contribution in [0, 0.1) is 0 Å². The topological polar surface area (TPSA) is 65.1 Å². The van der Waals surface area contributed by atoms with E-state index in [1.807, 2.05) is 0 Å². The lowest BCUT2D eigenvalue weighted by molar-refractivity contribution is -0.140. The number of thiol groups is 1. The van der Waals surface area contributed by atoms with Crippen LogP contribution in [0.1, 0.15) is 0 Å². The molecule has 0 N–H and O–H groups in total. The van der Waals surface area contributed by atoms with Crippen molar-refractivity contribution in [2.45, 2.75) is 4.90 Å². The molecule has 0 aliphatic carbocycles. The number of methoxy groups -OCH3 is 2. The van der Waals surface area contributed by atoms with E-state index in [0.29, 0.717) is 15.6 Å². The van der Waals surface area contributed by atoms with Crippen molar-refractivity contribution in [1.82, 2.24) is 0 Å². The first kappa shape index (κ1) is 16.7. The number of anilines is 1. The Labute approximate surface area is 138 Å². The Bertz CT molecular complexity index is 646. The Morgan fingerprint density at radius 3 is 2.59 bits per heavy atom. The van der Waals surface area contributed by atoms with E-state index in [0.717, 1.165) is 0 Å². The van der Waals surface area contributed by atoms with E-state index in [1.165, 1.54) is 19.1 Å². The van der Waals surface area contributed by atoms with Crippen molar-refractivity contribution >= 4 is 41.9 Å². The average Bonchev–Trinajstić information content (AvgIpc) is 2.54. The van der Waals surface area contributed by atoms with Gasteiger partial charge in [0.25, 0.3) is 0 Å². The molecule has 1 aromatic rings. The standard InChI is InChI=1S/C14H14ClNO5S/c1-19-13(17)9-6-21-7-16(12(9)14(18)20-2)10-5-8(15)3-4-11(10)22/h3-5,22H,6-7H2,1-2H3. The molecule has 0 saturated carbocycles. The van der Waals surface area contributed by atoms with Crippen molar-refractivity contribution in [3.8, 4) is 0 Å². The predicted octanol–water partition coefficient (Wildman–Crippen LogP) is 2.02. The summed E-state index contributed by atoms with van der Waals surface area (Å²) in [6, 6.07) is 4.97. The normalized spacial score (nSPS) is 14.8. The van der Waals surface area contributed by atoms with Crippen molar-refractivity contribution < 1.29 is 23.8 Å². The van der Waals surface area contributed by atoms with Crippen molar-refractivity contribution in [2.24, 2.45) is 0 Å². The van der Waals surface area contributed by atoms with Crippen molar-refractivity contribution in [1.29, 1.82) is 0 Å². The summed E-state index contributed by atoms with van der Waals surface area (Å²) < 4.78 is 14.8. The second kappa shape index (κ2) is 7.04. The monoisotopic (exact) mass is 343 g/mol. The van der Waals surface area contributed by atoms with Gasteiger partial charge in [-0.2, -0.15) is 0 Å². The molecular formula is C14H14ClNO5S. The van der Waals surface area contributed by atoms with Crippen LogP contribution in [-0.2, 0) is 23.8 Å². The number of rotatable bonds is 3. The van der Waals surface area contributed by atoms with Crippen LogP contribution in [0.2, 0.25) is 5.02 Å². The molecule has 0 unspecified atom stereocenters. The van der Waals surface area contributed by atoms with E-state index in [-0.39, 0.29) is 24.6 Å². The second-order valence-electron chi connectivity index (χ2n) is 4.35. The Kier molecular flexibility index (Phi) is 5.33. The molecule has 118 valence electrons. The molecular weight excluding hydrogens is 330 g/mol. The van der Waals surface area contributed by atoms with Gasteiger partial charge in [-0.1, -0.05) is 11.6 Å². The molecule has 6 nitrogen and oxygen atoms in total. The van der Waals surface area contributed by atoms with Crippen molar-refractivity contribution in [3.05, 3.63) is 34.5 Å². The van der Waals surface area contributed by atoms with Gasteiger partial charge in [0.05, 0.1) is 32.1 Å². The van der Waals surface area contributed by atoms with Crippen LogP contribution in [0.3, 0.4) is 0 Å². The van der Waals surface area contributed by atoms with Gasteiger partial charge < -0.3 is 19.1 Å². The molecule has 0 amide bonds. The lowest BCUT2D eigenvalue weighted by Crippen LogP contribution is -2.39. The van der Waals surface area contributed by atoms with Gasteiger partial charge in [0.1, 0.15) is 12.4 Å². The molecule has 1 aliphatic heterocycles. The summed E-state index contributed by atoms with van der Waals surface area (Å²) in [4.78, 5) is 26.1. The maximum absolute atomic E-state index is 12.1. The Morgan fingerprint density at radius 2 is 1.95 bits per heavy atom. The van der Waals surface area contributed by atoms with E-state index >= 15 is 0 Å². The Morgan fingerprint density at radius 1 is 1.27 bits per heavy atom. The highest BCUT2D eigenvalue weighted by Gasteiger charge is 2.33. The number of carbonyl (C=O) groups excluding carboxylic acids is 2. The molecule has 22 heavy (non-hydrogen) atoms. The summed E-state index contributed by atoms with van der Waals surface area (Å²) in [7, 11) is 2.46. The van der Waals surface area contributed by atoms with Gasteiger partial charge in [-0.25, -0.2) is 9.59 Å². The van der Waals surface area contributed by atoms with Crippen LogP contribution >= 0.6 is 24.2 Å². The molecule has 0 atom stereocenters. The fourth-order valence-electron chi connectivity index (χ4n) is 2.05. The molecule has 0 radical (unpaired) electrons. The summed E-state index contributed by atoms with van der Waals surface area (Å²) in [5, 5.41) is 0.460.